The molecule has 0 saturated heterocycles. The molecule has 0 bridgehead atoms. The molecule has 2 amide bonds. The van der Waals surface area contributed by atoms with Crippen molar-refractivity contribution in [2.45, 2.75) is 5.66 Å². The molecule has 0 fully saturated rings. The quantitative estimate of drug-likeness (QED) is 0.897. The first-order valence-corrected chi connectivity index (χ1v) is 7.87. The number of fused-ring (bicyclic) bond motifs is 3. The van der Waals surface area contributed by atoms with E-state index in [1.807, 2.05) is 0 Å². The van der Waals surface area contributed by atoms with Gasteiger partial charge in [0.05, 0.1) is 17.9 Å². The number of amides is 2. The number of anilines is 2. The molecule has 2 heterocycles. The minimum atomic E-state index is -1.42. The summed E-state index contributed by atoms with van der Waals surface area (Å²) < 4.78 is 18.7. The molecular formula is C18H16FN3O3. The van der Waals surface area contributed by atoms with Crippen molar-refractivity contribution >= 4 is 23.2 Å². The van der Waals surface area contributed by atoms with Gasteiger partial charge in [-0.2, -0.15) is 0 Å². The van der Waals surface area contributed by atoms with Crippen LogP contribution in [-0.4, -0.2) is 37.0 Å². The first-order chi connectivity index (χ1) is 12.1. The lowest BCUT2D eigenvalue weighted by Gasteiger charge is -2.44. The van der Waals surface area contributed by atoms with E-state index in [2.05, 4.69) is 10.6 Å². The molecule has 1 atom stereocenters. The first kappa shape index (κ1) is 15.6. The summed E-state index contributed by atoms with van der Waals surface area (Å²) in [6, 6.07) is 11.1. The van der Waals surface area contributed by atoms with E-state index in [0.29, 0.717) is 22.5 Å². The largest absolute Gasteiger partial charge is 0.383 e. The molecule has 0 saturated carbocycles. The summed E-state index contributed by atoms with van der Waals surface area (Å²) >= 11 is 0. The summed E-state index contributed by atoms with van der Waals surface area (Å²) in [7, 11) is 1.53. The maximum atomic E-state index is 13.6. The Labute approximate surface area is 143 Å². The van der Waals surface area contributed by atoms with Gasteiger partial charge in [0.2, 0.25) is 5.66 Å². The van der Waals surface area contributed by atoms with Crippen LogP contribution in [0.2, 0.25) is 0 Å². The maximum absolute atomic E-state index is 13.6. The van der Waals surface area contributed by atoms with E-state index in [-0.39, 0.29) is 19.1 Å². The van der Waals surface area contributed by atoms with Crippen molar-refractivity contribution < 1.29 is 18.7 Å². The third-order valence-corrected chi connectivity index (χ3v) is 4.59. The van der Waals surface area contributed by atoms with Crippen LogP contribution in [-0.2, 0) is 15.2 Å². The Morgan fingerprint density at radius 3 is 2.76 bits per heavy atom. The normalized spacial score (nSPS) is 21.0. The van der Waals surface area contributed by atoms with Crippen molar-refractivity contribution in [3.63, 3.8) is 0 Å². The molecule has 0 aromatic heterocycles. The second-order valence-corrected chi connectivity index (χ2v) is 5.97. The molecule has 0 unspecified atom stereocenters. The minimum absolute atomic E-state index is 0.209. The fourth-order valence-corrected chi connectivity index (χ4v) is 3.45. The zero-order valence-corrected chi connectivity index (χ0v) is 13.5. The van der Waals surface area contributed by atoms with Crippen molar-refractivity contribution in [1.29, 1.82) is 0 Å². The highest BCUT2D eigenvalue weighted by atomic mass is 19.1. The van der Waals surface area contributed by atoms with Gasteiger partial charge < -0.3 is 20.3 Å². The highest BCUT2D eigenvalue weighted by molar-refractivity contribution is 6.14. The number of halogens is 1. The van der Waals surface area contributed by atoms with Gasteiger partial charge in [0, 0.05) is 24.9 Å². The van der Waals surface area contributed by atoms with E-state index >= 15 is 0 Å². The van der Waals surface area contributed by atoms with Crippen molar-refractivity contribution in [3.05, 3.63) is 59.4 Å². The number of benzene rings is 2. The van der Waals surface area contributed by atoms with Crippen LogP contribution < -0.4 is 10.6 Å². The topological polar surface area (TPSA) is 70.7 Å². The SMILES string of the molecule is COCCN1C(=O)c2ccccc2N[C@]12C(=O)Nc1cc(F)ccc12. The molecular weight excluding hydrogens is 325 g/mol. The Morgan fingerprint density at radius 1 is 1.16 bits per heavy atom. The number of carbonyl (C=O) groups excluding carboxylic acids is 2. The predicted octanol–water partition coefficient (Wildman–Crippen LogP) is 2.14. The van der Waals surface area contributed by atoms with Gasteiger partial charge >= 0.3 is 0 Å². The molecule has 128 valence electrons. The molecule has 4 rings (SSSR count). The number of para-hydroxylation sites is 1. The van der Waals surface area contributed by atoms with Gasteiger partial charge in [-0.1, -0.05) is 12.1 Å². The van der Waals surface area contributed by atoms with Crippen molar-refractivity contribution in [2.24, 2.45) is 0 Å². The number of carbonyl (C=O) groups is 2. The predicted molar refractivity (Wildman–Crippen MR) is 89.7 cm³/mol. The average Bonchev–Trinajstić information content (AvgIpc) is 2.86. The Morgan fingerprint density at radius 2 is 1.96 bits per heavy atom. The fourth-order valence-electron chi connectivity index (χ4n) is 3.45. The lowest BCUT2D eigenvalue weighted by atomic mass is 9.93. The third-order valence-electron chi connectivity index (χ3n) is 4.59. The lowest BCUT2D eigenvalue weighted by Crippen LogP contribution is -2.62. The van der Waals surface area contributed by atoms with Crippen molar-refractivity contribution in [1.82, 2.24) is 4.90 Å². The smallest absolute Gasteiger partial charge is 0.276 e. The van der Waals surface area contributed by atoms with Crippen LogP contribution >= 0.6 is 0 Å². The summed E-state index contributed by atoms with van der Waals surface area (Å²) in [5, 5.41) is 5.88. The number of ether oxygens (including phenoxy) is 1. The molecule has 0 radical (unpaired) electrons. The van der Waals surface area contributed by atoms with Gasteiger partial charge in [0.15, 0.2) is 0 Å². The summed E-state index contributed by atoms with van der Waals surface area (Å²) in [4.78, 5) is 27.4. The monoisotopic (exact) mass is 341 g/mol. The van der Waals surface area contributed by atoms with Crippen molar-refractivity contribution in [2.75, 3.05) is 30.9 Å². The van der Waals surface area contributed by atoms with Crippen LogP contribution in [0.3, 0.4) is 0 Å². The summed E-state index contributed by atoms with van der Waals surface area (Å²) in [5.74, 6) is -1.16. The molecule has 0 aliphatic carbocycles. The summed E-state index contributed by atoms with van der Waals surface area (Å²) in [6.45, 7) is 0.474. The fraction of sp³-hybridized carbons (Fsp3) is 0.222. The van der Waals surface area contributed by atoms with Crippen molar-refractivity contribution in [3.8, 4) is 0 Å². The number of nitrogens with one attached hydrogen (secondary N) is 2. The summed E-state index contributed by atoms with van der Waals surface area (Å²) in [5.41, 5.74) is 0.485. The molecule has 2 aromatic rings. The zero-order chi connectivity index (χ0) is 17.6. The van der Waals surface area contributed by atoms with Crippen LogP contribution in [0.15, 0.2) is 42.5 Å². The van der Waals surface area contributed by atoms with Gasteiger partial charge in [0.25, 0.3) is 11.8 Å². The number of nitrogens with zero attached hydrogens (tertiary/aromatic N) is 1. The van der Waals surface area contributed by atoms with Gasteiger partial charge in [-0.05, 0) is 30.3 Å². The number of hydrogen-bond donors (Lipinski definition) is 2. The zero-order valence-electron chi connectivity index (χ0n) is 13.5. The number of methoxy groups -OCH3 is 1. The number of hydrogen-bond acceptors (Lipinski definition) is 4. The maximum Gasteiger partial charge on any atom is 0.276 e. The van der Waals surface area contributed by atoms with Crippen LogP contribution in [0, 0.1) is 5.82 Å². The molecule has 2 aliphatic heterocycles. The molecule has 2 aromatic carbocycles. The van der Waals surface area contributed by atoms with Gasteiger partial charge in [-0.3, -0.25) is 9.59 Å². The molecule has 7 heteroatoms. The van der Waals surface area contributed by atoms with E-state index in [0.717, 1.165) is 0 Å². The summed E-state index contributed by atoms with van der Waals surface area (Å²) in [6.07, 6.45) is 0. The van der Waals surface area contributed by atoms with Gasteiger partial charge in [-0.25, -0.2) is 4.39 Å². The van der Waals surface area contributed by atoms with Crippen LogP contribution in [0.25, 0.3) is 0 Å². The highest BCUT2D eigenvalue weighted by Crippen LogP contribution is 2.45. The van der Waals surface area contributed by atoms with Crippen LogP contribution in [0.5, 0.6) is 0 Å². The Kier molecular flexibility index (Phi) is 3.47. The van der Waals surface area contributed by atoms with E-state index in [9.17, 15) is 14.0 Å². The molecule has 1 spiro atoms. The Bertz CT molecular complexity index is 886. The average molecular weight is 341 g/mol. The second-order valence-electron chi connectivity index (χ2n) is 5.97. The third kappa shape index (κ3) is 2.12. The second kappa shape index (κ2) is 5.56. The lowest BCUT2D eigenvalue weighted by molar-refractivity contribution is -0.125. The first-order valence-electron chi connectivity index (χ1n) is 7.87. The highest BCUT2D eigenvalue weighted by Gasteiger charge is 2.56. The van der Waals surface area contributed by atoms with Gasteiger partial charge in [0.1, 0.15) is 5.82 Å². The minimum Gasteiger partial charge on any atom is -0.383 e. The van der Waals surface area contributed by atoms with E-state index in [1.165, 1.54) is 30.2 Å². The van der Waals surface area contributed by atoms with Gasteiger partial charge in [-0.15, -0.1) is 0 Å². The molecule has 2 aliphatic rings. The number of rotatable bonds is 3. The molecule has 6 nitrogen and oxygen atoms in total. The Hall–Kier alpha value is -2.93. The van der Waals surface area contributed by atoms with Crippen LogP contribution in [0.4, 0.5) is 15.8 Å². The van der Waals surface area contributed by atoms with Crippen LogP contribution in [0.1, 0.15) is 15.9 Å². The van der Waals surface area contributed by atoms with E-state index in [4.69, 9.17) is 4.74 Å². The molecule has 2 N–H and O–H groups in total. The van der Waals surface area contributed by atoms with E-state index < -0.39 is 17.4 Å². The molecule has 25 heavy (non-hydrogen) atoms. The standard InChI is InChI=1S/C18H16FN3O3/c1-25-9-8-22-16(23)12-4-2-3-5-14(12)21-18(22)13-7-6-11(19)10-15(13)20-17(18)24/h2-7,10,21H,8-9H2,1H3,(H,20,24)/t18-/m0/s1. The Balaban J connectivity index is 1.92. The van der Waals surface area contributed by atoms with E-state index in [1.54, 1.807) is 24.3 Å².